The van der Waals surface area contributed by atoms with E-state index >= 15 is 0 Å². The molecule has 2 heterocycles. The van der Waals surface area contributed by atoms with Gasteiger partial charge in [-0.2, -0.15) is 0 Å². The van der Waals surface area contributed by atoms with Crippen LogP contribution in [0.3, 0.4) is 0 Å². The van der Waals surface area contributed by atoms with Gasteiger partial charge in [0.2, 0.25) is 10.0 Å². The average molecular weight is 411 g/mol. The maximum atomic E-state index is 12.6. The van der Waals surface area contributed by atoms with Gasteiger partial charge in [-0.1, -0.05) is 6.92 Å². The summed E-state index contributed by atoms with van der Waals surface area (Å²) in [6.07, 6.45) is 3.72. The number of aromatic nitrogens is 1. The van der Waals surface area contributed by atoms with Crippen LogP contribution in [0.15, 0.2) is 47.5 Å². The Kier molecular flexibility index (Phi) is 4.68. The lowest BCUT2D eigenvalue weighted by Gasteiger charge is -2.06. The second-order valence-corrected chi connectivity index (χ2v) is 8.57. The Morgan fingerprint density at radius 1 is 1.21 bits per heavy atom. The SMILES string of the molecule is CCNS(=O)(=O)c1ccc2c(c1)/C(=C/c1cn(C)c3ccc(OC)cc13)C(=O)N2. The van der Waals surface area contributed by atoms with Gasteiger partial charge in [0.05, 0.1) is 12.0 Å². The lowest BCUT2D eigenvalue weighted by molar-refractivity contribution is -0.110. The van der Waals surface area contributed by atoms with Crippen LogP contribution in [0.4, 0.5) is 5.69 Å². The lowest BCUT2D eigenvalue weighted by Crippen LogP contribution is -2.23. The van der Waals surface area contributed by atoms with Crippen LogP contribution in [0.1, 0.15) is 18.1 Å². The highest BCUT2D eigenvalue weighted by Crippen LogP contribution is 2.36. The van der Waals surface area contributed by atoms with E-state index in [0.29, 0.717) is 16.8 Å². The van der Waals surface area contributed by atoms with Crippen LogP contribution in [0.25, 0.3) is 22.6 Å². The Morgan fingerprint density at radius 3 is 2.72 bits per heavy atom. The van der Waals surface area contributed by atoms with Crippen molar-refractivity contribution in [2.75, 3.05) is 19.0 Å². The summed E-state index contributed by atoms with van der Waals surface area (Å²) in [5.41, 5.74) is 3.42. The van der Waals surface area contributed by atoms with Crippen molar-refractivity contribution in [2.45, 2.75) is 11.8 Å². The van der Waals surface area contributed by atoms with Crippen LogP contribution in [0.5, 0.6) is 5.75 Å². The van der Waals surface area contributed by atoms with E-state index in [-0.39, 0.29) is 17.3 Å². The number of nitrogens with zero attached hydrogens (tertiary/aromatic N) is 1. The van der Waals surface area contributed by atoms with Gasteiger partial charge in [-0.3, -0.25) is 4.79 Å². The molecule has 0 radical (unpaired) electrons. The first-order valence-electron chi connectivity index (χ1n) is 9.14. The molecule has 1 aliphatic heterocycles. The number of nitrogens with one attached hydrogen (secondary N) is 2. The van der Waals surface area contributed by atoms with Gasteiger partial charge >= 0.3 is 0 Å². The van der Waals surface area contributed by atoms with Gasteiger partial charge in [0.25, 0.3) is 5.91 Å². The number of hydrogen-bond acceptors (Lipinski definition) is 4. The first-order valence-corrected chi connectivity index (χ1v) is 10.6. The molecule has 150 valence electrons. The summed E-state index contributed by atoms with van der Waals surface area (Å²) < 4.78 is 34.5. The molecule has 29 heavy (non-hydrogen) atoms. The molecule has 2 N–H and O–H groups in total. The van der Waals surface area contributed by atoms with E-state index in [1.54, 1.807) is 26.2 Å². The van der Waals surface area contributed by atoms with Gasteiger partial charge in [-0.05, 0) is 42.5 Å². The molecule has 1 aliphatic rings. The molecule has 2 aromatic carbocycles. The van der Waals surface area contributed by atoms with E-state index in [4.69, 9.17) is 4.74 Å². The minimum atomic E-state index is -3.62. The monoisotopic (exact) mass is 411 g/mol. The van der Waals surface area contributed by atoms with E-state index in [1.807, 2.05) is 36.0 Å². The molecule has 0 saturated heterocycles. The number of sulfonamides is 1. The zero-order chi connectivity index (χ0) is 20.8. The third kappa shape index (κ3) is 3.30. The predicted molar refractivity (Wildman–Crippen MR) is 113 cm³/mol. The van der Waals surface area contributed by atoms with Crippen molar-refractivity contribution < 1.29 is 17.9 Å². The molecule has 8 heteroatoms. The molecule has 0 bridgehead atoms. The number of methoxy groups -OCH3 is 1. The highest BCUT2D eigenvalue weighted by molar-refractivity contribution is 7.89. The largest absolute Gasteiger partial charge is 0.497 e. The number of carbonyl (C=O) groups excluding carboxylic acids is 1. The molecular formula is C21H21N3O4S. The molecular weight excluding hydrogens is 390 g/mol. The normalized spacial score (nSPS) is 15.0. The number of rotatable bonds is 5. The molecule has 0 atom stereocenters. The van der Waals surface area contributed by atoms with Gasteiger partial charge < -0.3 is 14.6 Å². The number of amides is 1. The molecule has 0 fully saturated rings. The summed E-state index contributed by atoms with van der Waals surface area (Å²) in [6, 6.07) is 10.4. The van der Waals surface area contributed by atoms with E-state index in [0.717, 1.165) is 22.2 Å². The highest BCUT2D eigenvalue weighted by Gasteiger charge is 2.27. The summed E-state index contributed by atoms with van der Waals surface area (Å²) in [7, 11) is -0.0847. The van der Waals surface area contributed by atoms with Crippen LogP contribution >= 0.6 is 0 Å². The number of hydrogen-bond donors (Lipinski definition) is 2. The smallest absolute Gasteiger partial charge is 0.256 e. The number of fused-ring (bicyclic) bond motifs is 2. The number of carbonyl (C=O) groups is 1. The molecule has 4 rings (SSSR count). The predicted octanol–water partition coefficient (Wildman–Crippen LogP) is 2.98. The van der Waals surface area contributed by atoms with Crippen molar-refractivity contribution in [3.63, 3.8) is 0 Å². The minimum Gasteiger partial charge on any atom is -0.497 e. The van der Waals surface area contributed by atoms with Gasteiger partial charge in [0.15, 0.2) is 0 Å². The van der Waals surface area contributed by atoms with Crippen LogP contribution in [0, 0.1) is 0 Å². The summed E-state index contributed by atoms with van der Waals surface area (Å²) in [6.45, 7) is 2.01. The molecule has 3 aromatic rings. The van der Waals surface area contributed by atoms with Crippen molar-refractivity contribution in [3.8, 4) is 5.75 Å². The highest BCUT2D eigenvalue weighted by atomic mass is 32.2. The molecule has 0 spiro atoms. The molecule has 0 saturated carbocycles. The molecule has 7 nitrogen and oxygen atoms in total. The van der Waals surface area contributed by atoms with Gasteiger partial charge in [-0.25, -0.2) is 13.1 Å². The summed E-state index contributed by atoms with van der Waals surface area (Å²) in [4.78, 5) is 12.7. The molecule has 0 unspecified atom stereocenters. The minimum absolute atomic E-state index is 0.125. The number of aryl methyl sites for hydroxylation is 1. The lowest BCUT2D eigenvalue weighted by atomic mass is 10.0. The molecule has 1 aromatic heterocycles. The van der Waals surface area contributed by atoms with Crippen molar-refractivity contribution >= 4 is 44.2 Å². The van der Waals surface area contributed by atoms with Crippen LogP contribution in [0.2, 0.25) is 0 Å². The summed E-state index contributed by atoms with van der Waals surface area (Å²) in [5.74, 6) is 0.455. The zero-order valence-electron chi connectivity index (χ0n) is 16.3. The first-order chi connectivity index (χ1) is 13.8. The maximum Gasteiger partial charge on any atom is 0.256 e. The van der Waals surface area contributed by atoms with Crippen LogP contribution in [-0.4, -0.2) is 32.5 Å². The summed E-state index contributed by atoms with van der Waals surface area (Å²) in [5, 5.41) is 3.74. The van der Waals surface area contributed by atoms with Crippen LogP contribution in [-0.2, 0) is 21.9 Å². The number of ether oxygens (including phenoxy) is 1. The third-order valence-electron chi connectivity index (χ3n) is 4.95. The quantitative estimate of drug-likeness (QED) is 0.632. The van der Waals surface area contributed by atoms with E-state index in [9.17, 15) is 13.2 Å². The van der Waals surface area contributed by atoms with Crippen molar-refractivity contribution in [1.82, 2.24) is 9.29 Å². The average Bonchev–Trinajstić information content (AvgIpc) is 3.17. The zero-order valence-corrected chi connectivity index (χ0v) is 17.1. The van der Waals surface area contributed by atoms with Crippen molar-refractivity contribution in [1.29, 1.82) is 0 Å². The topological polar surface area (TPSA) is 89.4 Å². The standard InChI is InChI=1S/C21H21N3O4S/c1-4-22-29(26,27)15-6-7-19-17(11-15)18(21(25)23-19)9-13-12-24(2)20-8-5-14(28-3)10-16(13)20/h5-12,22H,4H2,1-3H3,(H,23,25)/b18-9-. The third-order valence-corrected chi connectivity index (χ3v) is 6.49. The Hall–Kier alpha value is -3.10. The van der Waals surface area contributed by atoms with E-state index < -0.39 is 10.0 Å². The summed E-state index contributed by atoms with van der Waals surface area (Å²) >= 11 is 0. The number of anilines is 1. The van der Waals surface area contributed by atoms with Crippen molar-refractivity contribution in [2.24, 2.45) is 7.05 Å². The molecule has 0 aliphatic carbocycles. The maximum absolute atomic E-state index is 12.6. The fourth-order valence-electron chi connectivity index (χ4n) is 3.55. The molecule has 1 amide bonds. The second kappa shape index (κ2) is 7.06. The van der Waals surface area contributed by atoms with Gasteiger partial charge in [0, 0.05) is 53.1 Å². The Balaban J connectivity index is 1.87. The second-order valence-electron chi connectivity index (χ2n) is 6.80. The van der Waals surface area contributed by atoms with Gasteiger partial charge in [0.1, 0.15) is 5.75 Å². The fourth-order valence-corrected chi connectivity index (χ4v) is 4.62. The van der Waals surface area contributed by atoms with E-state index in [2.05, 4.69) is 10.0 Å². The van der Waals surface area contributed by atoms with Gasteiger partial charge in [-0.15, -0.1) is 0 Å². The Bertz CT molecular complexity index is 1270. The van der Waals surface area contributed by atoms with Crippen LogP contribution < -0.4 is 14.8 Å². The van der Waals surface area contributed by atoms with E-state index in [1.165, 1.54) is 12.1 Å². The Labute approximate surface area is 169 Å². The fraction of sp³-hybridized carbons (Fsp3) is 0.190. The van der Waals surface area contributed by atoms with Crippen molar-refractivity contribution in [3.05, 3.63) is 53.7 Å². The Morgan fingerprint density at radius 2 is 2.00 bits per heavy atom. The number of benzene rings is 2. The first kappa shape index (κ1) is 19.2.